The van der Waals surface area contributed by atoms with Crippen molar-refractivity contribution in [1.29, 1.82) is 0 Å². The number of amides is 1. The van der Waals surface area contributed by atoms with Gasteiger partial charge in [-0.1, -0.05) is 47.5 Å². The fourth-order valence-electron chi connectivity index (χ4n) is 3.37. The van der Waals surface area contributed by atoms with Crippen LogP contribution in [0.3, 0.4) is 0 Å². The zero-order valence-electron chi connectivity index (χ0n) is 22.1. The van der Waals surface area contributed by atoms with Gasteiger partial charge in [-0.25, -0.2) is 9.59 Å². The molecule has 214 valence electrons. The van der Waals surface area contributed by atoms with Gasteiger partial charge >= 0.3 is 29.6 Å². The van der Waals surface area contributed by atoms with E-state index in [0.717, 1.165) is 25.1 Å². The molecule has 1 amide bonds. The van der Waals surface area contributed by atoms with E-state index in [2.05, 4.69) is 10.3 Å². The monoisotopic (exact) mass is 546 g/mol. The lowest BCUT2D eigenvalue weighted by atomic mass is 10.1. The Morgan fingerprint density at radius 1 is 1.18 bits per heavy atom. The summed E-state index contributed by atoms with van der Waals surface area (Å²) in [5.41, 5.74) is 4.57. The van der Waals surface area contributed by atoms with Crippen molar-refractivity contribution in [1.82, 2.24) is 9.55 Å². The average Bonchev–Trinajstić information content (AvgIpc) is 3.09. The summed E-state index contributed by atoms with van der Waals surface area (Å²) >= 11 is 0. The number of carbonyl (C=O) groups is 3. The molecule has 1 aromatic rings. The number of hydrogen-bond acceptors (Lipinski definition) is 10. The Balaban J connectivity index is 2.25. The summed E-state index contributed by atoms with van der Waals surface area (Å²) in [4.78, 5) is 52.4. The molecule has 1 saturated heterocycles. The number of aromatic nitrogens is 2. The SMILES string of the molecule is CCCCCOC(=O)Nc1ccn([C@@H]2O[C@H](COC(=O)C(C)C)[C@@H](OC(=O)C(N)C(C)C)C2(F)F)c(=O)n1. The van der Waals surface area contributed by atoms with Crippen molar-refractivity contribution in [2.45, 2.75) is 84.3 Å². The number of rotatable bonds is 12. The minimum atomic E-state index is -3.94. The van der Waals surface area contributed by atoms with Crippen molar-refractivity contribution < 1.29 is 42.1 Å². The van der Waals surface area contributed by atoms with Crippen molar-refractivity contribution in [3.8, 4) is 0 Å². The Morgan fingerprint density at radius 3 is 2.45 bits per heavy atom. The zero-order valence-corrected chi connectivity index (χ0v) is 22.1. The number of nitrogens with two attached hydrogens (primary N) is 1. The molecule has 1 aliphatic heterocycles. The lowest BCUT2D eigenvalue weighted by Crippen LogP contribution is -2.48. The predicted octanol–water partition coefficient (Wildman–Crippen LogP) is 2.61. The van der Waals surface area contributed by atoms with Gasteiger partial charge in [0, 0.05) is 6.20 Å². The molecule has 1 aromatic heterocycles. The van der Waals surface area contributed by atoms with E-state index in [1.54, 1.807) is 27.7 Å². The van der Waals surface area contributed by atoms with Crippen LogP contribution >= 0.6 is 0 Å². The van der Waals surface area contributed by atoms with Gasteiger partial charge in [-0.2, -0.15) is 13.8 Å². The first-order valence-corrected chi connectivity index (χ1v) is 12.5. The maximum atomic E-state index is 15.5. The first kappa shape index (κ1) is 31.1. The quantitative estimate of drug-likeness (QED) is 0.226. The molecule has 0 aliphatic carbocycles. The van der Waals surface area contributed by atoms with Gasteiger partial charge in [0.2, 0.25) is 6.23 Å². The number of alkyl halides is 2. The zero-order chi connectivity index (χ0) is 28.6. The summed E-state index contributed by atoms with van der Waals surface area (Å²) in [6.45, 7) is 7.82. The fourth-order valence-corrected chi connectivity index (χ4v) is 3.37. The number of unbranched alkanes of at least 4 members (excludes halogenated alkanes) is 2. The van der Waals surface area contributed by atoms with Gasteiger partial charge in [0.25, 0.3) is 0 Å². The number of nitrogens with one attached hydrogen (secondary N) is 1. The Bertz CT molecular complexity index is 1030. The van der Waals surface area contributed by atoms with Crippen LogP contribution in [0.15, 0.2) is 17.1 Å². The molecule has 12 nitrogen and oxygen atoms in total. The second-order valence-electron chi connectivity index (χ2n) is 9.58. The second-order valence-corrected chi connectivity index (χ2v) is 9.58. The van der Waals surface area contributed by atoms with E-state index in [1.165, 1.54) is 0 Å². The van der Waals surface area contributed by atoms with Crippen molar-refractivity contribution in [3.05, 3.63) is 22.7 Å². The van der Waals surface area contributed by atoms with Gasteiger partial charge in [0.15, 0.2) is 6.10 Å². The Hall–Kier alpha value is -3.13. The smallest absolute Gasteiger partial charge is 0.412 e. The molecule has 4 atom stereocenters. The molecule has 0 bridgehead atoms. The highest BCUT2D eigenvalue weighted by atomic mass is 19.3. The van der Waals surface area contributed by atoms with Gasteiger partial charge in [-0.05, 0) is 18.4 Å². The van der Waals surface area contributed by atoms with E-state index in [0.29, 0.717) is 11.0 Å². The van der Waals surface area contributed by atoms with Crippen molar-refractivity contribution in [2.24, 2.45) is 17.6 Å². The van der Waals surface area contributed by atoms with Crippen LogP contribution in [0, 0.1) is 11.8 Å². The third-order valence-electron chi connectivity index (χ3n) is 5.74. The Kier molecular flexibility index (Phi) is 11.1. The lowest BCUT2D eigenvalue weighted by Gasteiger charge is -2.26. The molecule has 2 heterocycles. The molecule has 38 heavy (non-hydrogen) atoms. The normalized spacial score (nSPS) is 21.3. The number of anilines is 1. The fraction of sp³-hybridized carbons (Fsp3) is 0.708. The summed E-state index contributed by atoms with van der Waals surface area (Å²) in [7, 11) is 0. The van der Waals surface area contributed by atoms with Gasteiger partial charge in [0.1, 0.15) is 24.6 Å². The van der Waals surface area contributed by atoms with Crippen molar-refractivity contribution in [2.75, 3.05) is 18.5 Å². The van der Waals surface area contributed by atoms with Crippen LogP contribution in [0.5, 0.6) is 0 Å². The average molecular weight is 547 g/mol. The summed E-state index contributed by atoms with van der Waals surface area (Å²) in [6.07, 6.45) is -3.52. The van der Waals surface area contributed by atoms with Crippen LogP contribution in [0.2, 0.25) is 0 Å². The van der Waals surface area contributed by atoms with E-state index in [-0.39, 0.29) is 12.4 Å². The summed E-state index contributed by atoms with van der Waals surface area (Å²) < 4.78 is 52.0. The Morgan fingerprint density at radius 2 is 1.87 bits per heavy atom. The number of carbonyl (C=O) groups excluding carboxylic acids is 3. The van der Waals surface area contributed by atoms with Crippen LogP contribution in [0.1, 0.15) is 60.1 Å². The molecule has 1 unspecified atom stereocenters. The maximum absolute atomic E-state index is 15.5. The van der Waals surface area contributed by atoms with Gasteiger partial charge < -0.3 is 24.7 Å². The molecule has 1 fully saturated rings. The van der Waals surface area contributed by atoms with E-state index in [1.807, 2.05) is 6.92 Å². The largest absolute Gasteiger partial charge is 0.463 e. The number of hydrogen-bond donors (Lipinski definition) is 2. The lowest BCUT2D eigenvalue weighted by molar-refractivity contribution is -0.179. The van der Waals surface area contributed by atoms with Crippen LogP contribution in [0.25, 0.3) is 0 Å². The van der Waals surface area contributed by atoms with Crippen LogP contribution < -0.4 is 16.7 Å². The van der Waals surface area contributed by atoms with Crippen LogP contribution in [0.4, 0.5) is 19.4 Å². The third-order valence-corrected chi connectivity index (χ3v) is 5.74. The summed E-state index contributed by atoms with van der Waals surface area (Å²) in [5.74, 6) is -6.90. The van der Waals surface area contributed by atoms with Crippen molar-refractivity contribution >= 4 is 23.8 Å². The van der Waals surface area contributed by atoms with Crippen LogP contribution in [-0.2, 0) is 28.5 Å². The molecular weight excluding hydrogens is 510 g/mol. The topological polar surface area (TPSA) is 161 Å². The first-order chi connectivity index (χ1) is 17.8. The van der Waals surface area contributed by atoms with Crippen molar-refractivity contribution in [3.63, 3.8) is 0 Å². The summed E-state index contributed by atoms with van der Waals surface area (Å²) in [6, 6.07) is -0.0872. The molecule has 1 aliphatic rings. The number of esters is 2. The molecule has 0 aromatic carbocycles. The van der Waals surface area contributed by atoms with E-state index in [9.17, 15) is 19.2 Å². The number of nitrogens with zero attached hydrogens (tertiary/aromatic N) is 2. The Labute approximate surface area is 219 Å². The minimum Gasteiger partial charge on any atom is -0.463 e. The molecule has 2 rings (SSSR count). The van der Waals surface area contributed by atoms with Gasteiger partial charge in [-0.15, -0.1) is 0 Å². The molecule has 0 radical (unpaired) electrons. The predicted molar refractivity (Wildman–Crippen MR) is 130 cm³/mol. The highest BCUT2D eigenvalue weighted by Gasteiger charge is 2.63. The molecule has 3 N–H and O–H groups in total. The van der Waals surface area contributed by atoms with E-state index < -0.39 is 72.6 Å². The number of halogens is 2. The molecular formula is C24H36F2N4O8. The van der Waals surface area contributed by atoms with E-state index in [4.69, 9.17) is 24.7 Å². The highest BCUT2D eigenvalue weighted by Crippen LogP contribution is 2.44. The molecule has 14 heteroatoms. The molecule has 0 spiro atoms. The maximum Gasteiger partial charge on any atom is 0.412 e. The first-order valence-electron chi connectivity index (χ1n) is 12.5. The number of ether oxygens (including phenoxy) is 4. The second kappa shape index (κ2) is 13.6. The summed E-state index contributed by atoms with van der Waals surface area (Å²) in [5, 5.41) is 2.25. The van der Waals surface area contributed by atoms with Gasteiger partial charge in [-0.3, -0.25) is 19.5 Å². The van der Waals surface area contributed by atoms with E-state index >= 15 is 8.78 Å². The highest BCUT2D eigenvalue weighted by molar-refractivity contribution is 5.83. The standard InChI is InChI=1S/C24H36F2N4O8/c1-6-7-8-11-35-23(34)29-16-9-10-30(22(33)28-16)21-24(25,26)18(38-20(32)17(27)13(2)3)15(37-21)12-36-19(31)14(4)5/h9-10,13-15,17-18,21H,6-8,11-12,27H2,1-5H3,(H,28,29,33,34)/t15-,17?,18-,21-/m1/s1. The third kappa shape index (κ3) is 7.93. The van der Waals surface area contributed by atoms with Crippen LogP contribution in [-0.4, -0.2) is 65.0 Å². The van der Waals surface area contributed by atoms with Gasteiger partial charge in [0.05, 0.1) is 12.5 Å². The minimum absolute atomic E-state index is 0.169. The molecule has 0 saturated carbocycles.